The summed E-state index contributed by atoms with van der Waals surface area (Å²) < 4.78 is 16.9. The van der Waals surface area contributed by atoms with Gasteiger partial charge in [0.1, 0.15) is 23.8 Å². The number of carbonyl (C=O) groups is 1. The summed E-state index contributed by atoms with van der Waals surface area (Å²) in [6.45, 7) is 0.746. The van der Waals surface area contributed by atoms with Gasteiger partial charge in [-0.2, -0.15) is 0 Å². The van der Waals surface area contributed by atoms with Crippen molar-refractivity contribution in [2.45, 2.75) is 23.8 Å². The number of nitrogens with zero attached hydrogens (tertiary/aromatic N) is 2. The van der Waals surface area contributed by atoms with Crippen LogP contribution in [0.25, 0.3) is 0 Å². The van der Waals surface area contributed by atoms with E-state index in [-0.39, 0.29) is 17.9 Å². The number of carbonyl (C=O) groups excluding carboxylic acids is 1. The van der Waals surface area contributed by atoms with Gasteiger partial charge >= 0.3 is 0 Å². The van der Waals surface area contributed by atoms with Crippen LogP contribution in [0.3, 0.4) is 0 Å². The Morgan fingerprint density at radius 2 is 2.18 bits per heavy atom. The van der Waals surface area contributed by atoms with E-state index in [2.05, 4.69) is 4.98 Å². The second-order valence-corrected chi connectivity index (χ2v) is 7.67. The fourth-order valence-electron chi connectivity index (χ4n) is 4.22. The third-order valence-corrected chi connectivity index (χ3v) is 5.82. The molecule has 0 saturated heterocycles. The molecule has 1 aromatic carbocycles. The molecule has 2 unspecified atom stereocenters. The summed E-state index contributed by atoms with van der Waals surface area (Å²) in [6.07, 6.45) is 2.86. The highest BCUT2D eigenvalue weighted by Gasteiger charge is 2.51. The minimum Gasteiger partial charge on any atom is -0.490 e. The van der Waals surface area contributed by atoms with Gasteiger partial charge < -0.3 is 19.1 Å². The highest BCUT2D eigenvalue weighted by Crippen LogP contribution is 2.51. The van der Waals surface area contributed by atoms with E-state index in [1.807, 2.05) is 36.4 Å². The Hall–Kier alpha value is -2.73. The number of fused-ring (bicyclic) bond motifs is 4. The van der Waals surface area contributed by atoms with Gasteiger partial charge in [0.15, 0.2) is 5.56 Å². The number of benzene rings is 1. The van der Waals surface area contributed by atoms with E-state index in [0.717, 1.165) is 22.7 Å². The molecule has 28 heavy (non-hydrogen) atoms. The molecule has 3 aliphatic heterocycles. The third kappa shape index (κ3) is 2.55. The molecule has 0 N–H and O–H groups in total. The van der Waals surface area contributed by atoms with Crippen molar-refractivity contribution in [2.24, 2.45) is 0 Å². The highest BCUT2D eigenvalue weighted by molar-refractivity contribution is 6.20. The molecule has 0 bridgehead atoms. The summed E-state index contributed by atoms with van der Waals surface area (Å²) in [4.78, 5) is 19.7. The van der Waals surface area contributed by atoms with Crippen LogP contribution in [0.4, 0.5) is 5.69 Å². The Morgan fingerprint density at radius 1 is 1.32 bits per heavy atom. The number of alkyl halides is 1. The molecule has 1 spiro atoms. The molecule has 7 heteroatoms. The summed E-state index contributed by atoms with van der Waals surface area (Å²) in [6, 6.07) is 11.5. The van der Waals surface area contributed by atoms with Gasteiger partial charge in [0.25, 0.3) is 0 Å². The third-order valence-electron chi connectivity index (χ3n) is 5.56. The molecule has 2 atom stereocenters. The Morgan fingerprint density at radius 3 is 2.96 bits per heavy atom. The number of halogens is 1. The Balaban J connectivity index is 1.60. The van der Waals surface area contributed by atoms with Crippen molar-refractivity contribution in [3.8, 4) is 11.6 Å². The first-order valence-electron chi connectivity index (χ1n) is 9.19. The zero-order valence-corrected chi connectivity index (χ0v) is 16.1. The molecule has 4 heterocycles. The van der Waals surface area contributed by atoms with Crippen LogP contribution in [0, 0.1) is 0 Å². The van der Waals surface area contributed by atoms with E-state index in [9.17, 15) is 4.79 Å². The number of para-hydroxylation sites is 1. The van der Waals surface area contributed by atoms with Gasteiger partial charge in [0.05, 0.1) is 19.1 Å². The quantitative estimate of drug-likeness (QED) is 0.742. The minimum atomic E-state index is -0.617. The summed E-state index contributed by atoms with van der Waals surface area (Å²) in [5.41, 5.74) is 1.65. The number of ether oxygens (including phenoxy) is 3. The first kappa shape index (κ1) is 17.4. The van der Waals surface area contributed by atoms with Crippen LogP contribution in [0.2, 0.25) is 0 Å². The fraction of sp³-hybridized carbons (Fsp3) is 0.333. The monoisotopic (exact) mass is 398 g/mol. The van der Waals surface area contributed by atoms with Crippen LogP contribution in [-0.2, 0) is 14.9 Å². The highest BCUT2D eigenvalue weighted by atomic mass is 35.5. The first-order valence-corrected chi connectivity index (χ1v) is 9.62. The van der Waals surface area contributed by atoms with Gasteiger partial charge in [-0.05, 0) is 23.8 Å². The summed E-state index contributed by atoms with van der Waals surface area (Å²) >= 11 is 6.03. The zero-order valence-electron chi connectivity index (χ0n) is 15.4. The van der Waals surface area contributed by atoms with Crippen molar-refractivity contribution in [1.82, 2.24) is 4.98 Å². The van der Waals surface area contributed by atoms with Crippen molar-refractivity contribution in [3.05, 3.63) is 59.5 Å². The van der Waals surface area contributed by atoms with E-state index < -0.39 is 5.41 Å². The van der Waals surface area contributed by atoms with Gasteiger partial charge in [-0.25, -0.2) is 4.98 Å². The summed E-state index contributed by atoms with van der Waals surface area (Å²) in [7, 11) is 1.58. The number of rotatable bonds is 3. The number of hydrogen-bond donors (Lipinski definition) is 0. The van der Waals surface area contributed by atoms with Crippen molar-refractivity contribution < 1.29 is 19.0 Å². The number of anilines is 1. The Labute approximate surface area is 167 Å². The van der Waals surface area contributed by atoms with E-state index in [0.29, 0.717) is 31.2 Å². The minimum absolute atomic E-state index is 0.00212. The van der Waals surface area contributed by atoms with Crippen LogP contribution in [0.15, 0.2) is 48.2 Å². The molecule has 6 nitrogen and oxygen atoms in total. The molecular formula is C21H19ClN2O4. The average Bonchev–Trinajstić information content (AvgIpc) is 3.29. The average molecular weight is 399 g/mol. The van der Waals surface area contributed by atoms with Crippen LogP contribution < -0.4 is 14.4 Å². The fourth-order valence-corrected chi connectivity index (χ4v) is 4.43. The summed E-state index contributed by atoms with van der Waals surface area (Å²) in [5, 5.41) is 0. The predicted octanol–water partition coefficient (Wildman–Crippen LogP) is 3.37. The molecular weight excluding hydrogens is 380 g/mol. The van der Waals surface area contributed by atoms with Crippen LogP contribution >= 0.6 is 11.6 Å². The maximum absolute atomic E-state index is 13.2. The molecule has 0 fully saturated rings. The Kier molecular flexibility index (Phi) is 3.98. The predicted molar refractivity (Wildman–Crippen MR) is 104 cm³/mol. The second-order valence-electron chi connectivity index (χ2n) is 7.18. The van der Waals surface area contributed by atoms with E-state index in [1.165, 1.54) is 0 Å². The van der Waals surface area contributed by atoms with Gasteiger partial charge in [0, 0.05) is 24.6 Å². The van der Waals surface area contributed by atoms with Gasteiger partial charge in [-0.15, -0.1) is 0 Å². The normalized spacial score (nSPS) is 25.1. The van der Waals surface area contributed by atoms with Gasteiger partial charge in [-0.1, -0.05) is 29.8 Å². The Bertz CT molecular complexity index is 992. The first-order chi connectivity index (χ1) is 13.6. The number of hydrogen-bond acceptors (Lipinski definition) is 5. The SMILES string of the molecule is COc1ccc2c(n1)C1(CO2)CC(=O)N(CC2=CCC(Cl)O2)c2ccccc21. The van der Waals surface area contributed by atoms with E-state index >= 15 is 0 Å². The maximum Gasteiger partial charge on any atom is 0.228 e. The van der Waals surface area contributed by atoms with E-state index in [1.54, 1.807) is 18.1 Å². The number of pyridine rings is 1. The molecule has 1 aromatic heterocycles. The molecule has 0 radical (unpaired) electrons. The van der Waals surface area contributed by atoms with Gasteiger partial charge in [0.2, 0.25) is 11.8 Å². The van der Waals surface area contributed by atoms with Crippen LogP contribution in [0.5, 0.6) is 11.6 Å². The number of methoxy groups -OCH3 is 1. The number of amides is 1. The standard InChI is InChI=1S/C21H19ClN2O4/c1-26-18-9-7-16-20(23-18)21(12-27-16)10-19(25)24(11-13-6-8-17(22)28-13)15-5-3-2-4-14(15)21/h2-7,9,17H,8,10-12H2,1H3. The molecule has 1 amide bonds. The maximum atomic E-state index is 13.2. The molecule has 0 aliphatic carbocycles. The van der Waals surface area contributed by atoms with Crippen molar-refractivity contribution >= 4 is 23.2 Å². The second kappa shape index (κ2) is 6.41. The lowest BCUT2D eigenvalue weighted by molar-refractivity contribution is -0.120. The van der Waals surface area contributed by atoms with Gasteiger partial charge in [-0.3, -0.25) is 4.79 Å². The van der Waals surface area contributed by atoms with Crippen LogP contribution in [-0.4, -0.2) is 36.7 Å². The molecule has 5 rings (SSSR count). The molecule has 144 valence electrons. The number of aromatic nitrogens is 1. The van der Waals surface area contributed by atoms with E-state index in [4.69, 9.17) is 25.8 Å². The van der Waals surface area contributed by atoms with Crippen molar-refractivity contribution in [1.29, 1.82) is 0 Å². The molecule has 0 saturated carbocycles. The lowest BCUT2D eigenvalue weighted by atomic mass is 9.72. The van der Waals surface area contributed by atoms with Crippen molar-refractivity contribution in [2.75, 3.05) is 25.2 Å². The smallest absolute Gasteiger partial charge is 0.228 e. The lowest BCUT2D eigenvalue weighted by Gasteiger charge is -2.39. The topological polar surface area (TPSA) is 60.9 Å². The molecule has 2 aromatic rings. The summed E-state index contributed by atoms with van der Waals surface area (Å²) in [5.74, 6) is 1.93. The van der Waals surface area contributed by atoms with Crippen molar-refractivity contribution in [3.63, 3.8) is 0 Å². The lowest BCUT2D eigenvalue weighted by Crippen LogP contribution is -2.47. The molecule has 3 aliphatic rings. The zero-order chi connectivity index (χ0) is 19.3. The van der Waals surface area contributed by atoms with Crippen LogP contribution in [0.1, 0.15) is 24.1 Å². The largest absolute Gasteiger partial charge is 0.490 e.